The zero-order chi connectivity index (χ0) is 24.1. The molecule has 7 nitrogen and oxygen atoms in total. The smallest absolute Gasteiger partial charge is 0.307 e. The number of carboxylic acids is 1. The second-order valence-electron chi connectivity index (χ2n) is 7.95. The van der Waals surface area contributed by atoms with Crippen molar-refractivity contribution < 1.29 is 23.8 Å². The van der Waals surface area contributed by atoms with Crippen LogP contribution in [0.4, 0.5) is 10.1 Å². The number of hydrogen-bond acceptors (Lipinski definition) is 5. The van der Waals surface area contributed by atoms with E-state index in [1.54, 1.807) is 42.5 Å². The minimum Gasteiger partial charge on any atom is -0.481 e. The third-order valence-electron chi connectivity index (χ3n) is 5.53. The van der Waals surface area contributed by atoms with Crippen molar-refractivity contribution in [2.75, 3.05) is 11.9 Å². The Labute approximate surface area is 195 Å². The number of amides is 1. The second kappa shape index (κ2) is 10.1. The van der Waals surface area contributed by atoms with E-state index in [-0.39, 0.29) is 17.7 Å². The van der Waals surface area contributed by atoms with Crippen LogP contribution in [0.5, 0.6) is 5.75 Å². The molecule has 1 amide bonds. The SMILES string of the molecule is N#Cc1cccc2c1O[C@@H]([C@H](NCCc1cccc(CC(=O)O)c1)c1cccc(F)c1)C(=O)N2. The topological polar surface area (TPSA) is 111 Å². The van der Waals surface area contributed by atoms with Gasteiger partial charge in [0, 0.05) is 0 Å². The molecule has 8 heteroatoms. The number of aliphatic carboxylic acids is 1. The maximum Gasteiger partial charge on any atom is 0.307 e. The van der Waals surface area contributed by atoms with Gasteiger partial charge in [0.2, 0.25) is 0 Å². The van der Waals surface area contributed by atoms with Gasteiger partial charge in [-0.1, -0.05) is 42.5 Å². The molecule has 34 heavy (non-hydrogen) atoms. The summed E-state index contributed by atoms with van der Waals surface area (Å²) in [5.41, 5.74) is 2.85. The summed E-state index contributed by atoms with van der Waals surface area (Å²) in [6.45, 7) is 0.414. The van der Waals surface area contributed by atoms with Gasteiger partial charge < -0.3 is 20.5 Å². The van der Waals surface area contributed by atoms with Gasteiger partial charge in [-0.15, -0.1) is 0 Å². The quantitative estimate of drug-likeness (QED) is 0.475. The fourth-order valence-corrected chi connectivity index (χ4v) is 4.00. The summed E-state index contributed by atoms with van der Waals surface area (Å²) in [7, 11) is 0. The molecule has 0 radical (unpaired) electrons. The van der Waals surface area contributed by atoms with Crippen molar-refractivity contribution >= 4 is 17.6 Å². The lowest BCUT2D eigenvalue weighted by Gasteiger charge is -2.32. The summed E-state index contributed by atoms with van der Waals surface area (Å²) in [5.74, 6) is -1.48. The molecule has 1 heterocycles. The fourth-order valence-electron chi connectivity index (χ4n) is 4.00. The Hall–Kier alpha value is -4.22. The summed E-state index contributed by atoms with van der Waals surface area (Å²) in [6.07, 6.45) is -0.556. The molecule has 1 aliphatic rings. The number of nitrogens with zero attached hydrogens (tertiary/aromatic N) is 1. The highest BCUT2D eigenvalue weighted by Crippen LogP contribution is 2.36. The zero-order valence-corrected chi connectivity index (χ0v) is 18.1. The summed E-state index contributed by atoms with van der Waals surface area (Å²) >= 11 is 0. The monoisotopic (exact) mass is 459 g/mol. The first kappa shape index (κ1) is 23.0. The van der Waals surface area contributed by atoms with Gasteiger partial charge >= 0.3 is 5.97 Å². The van der Waals surface area contributed by atoms with Crippen molar-refractivity contribution in [3.05, 3.63) is 94.8 Å². The van der Waals surface area contributed by atoms with Crippen molar-refractivity contribution in [2.45, 2.75) is 25.0 Å². The van der Waals surface area contributed by atoms with Gasteiger partial charge in [-0.05, 0) is 53.9 Å². The van der Waals surface area contributed by atoms with Crippen LogP contribution in [0, 0.1) is 17.1 Å². The van der Waals surface area contributed by atoms with Crippen LogP contribution in [0.2, 0.25) is 0 Å². The van der Waals surface area contributed by atoms with Gasteiger partial charge in [0.25, 0.3) is 5.91 Å². The van der Waals surface area contributed by atoms with E-state index < -0.39 is 29.8 Å². The number of nitrogens with one attached hydrogen (secondary N) is 2. The van der Waals surface area contributed by atoms with E-state index in [0.29, 0.717) is 29.8 Å². The Kier molecular flexibility index (Phi) is 6.85. The molecular formula is C26H22FN3O4. The van der Waals surface area contributed by atoms with Crippen LogP contribution >= 0.6 is 0 Å². The number of nitriles is 1. The van der Waals surface area contributed by atoms with E-state index in [1.165, 1.54) is 12.1 Å². The number of ether oxygens (including phenoxy) is 1. The number of carbonyl (C=O) groups excluding carboxylic acids is 1. The van der Waals surface area contributed by atoms with Gasteiger partial charge in [-0.2, -0.15) is 5.26 Å². The van der Waals surface area contributed by atoms with E-state index in [9.17, 15) is 19.2 Å². The van der Waals surface area contributed by atoms with E-state index >= 15 is 0 Å². The highest BCUT2D eigenvalue weighted by molar-refractivity contribution is 5.99. The van der Waals surface area contributed by atoms with Crippen LogP contribution < -0.4 is 15.4 Å². The van der Waals surface area contributed by atoms with Crippen molar-refractivity contribution in [3.63, 3.8) is 0 Å². The molecule has 0 aromatic heterocycles. The number of para-hydroxylation sites is 1. The van der Waals surface area contributed by atoms with E-state index in [0.717, 1.165) is 5.56 Å². The normalized spacial score (nSPS) is 15.4. The average Bonchev–Trinajstić information content (AvgIpc) is 2.81. The summed E-state index contributed by atoms with van der Waals surface area (Å²) in [6, 6.07) is 19.5. The fraction of sp³-hybridized carbons (Fsp3) is 0.192. The van der Waals surface area contributed by atoms with Crippen LogP contribution in [0.1, 0.15) is 28.3 Å². The molecule has 0 spiro atoms. The van der Waals surface area contributed by atoms with Crippen LogP contribution in [0.15, 0.2) is 66.7 Å². The van der Waals surface area contributed by atoms with Crippen molar-refractivity contribution in [1.82, 2.24) is 5.32 Å². The van der Waals surface area contributed by atoms with E-state index in [4.69, 9.17) is 9.84 Å². The maximum atomic E-state index is 14.0. The molecule has 2 atom stereocenters. The molecular weight excluding hydrogens is 437 g/mol. The Balaban J connectivity index is 1.57. The van der Waals surface area contributed by atoms with Crippen molar-refractivity contribution in [3.8, 4) is 11.8 Å². The van der Waals surface area contributed by atoms with Gasteiger partial charge in [0.05, 0.1) is 23.7 Å². The lowest BCUT2D eigenvalue weighted by molar-refractivity contribution is -0.136. The third kappa shape index (κ3) is 5.22. The van der Waals surface area contributed by atoms with Gasteiger partial charge in [0.1, 0.15) is 11.9 Å². The summed E-state index contributed by atoms with van der Waals surface area (Å²) in [5, 5.41) is 24.5. The first-order valence-electron chi connectivity index (χ1n) is 10.7. The third-order valence-corrected chi connectivity index (χ3v) is 5.53. The van der Waals surface area contributed by atoms with Crippen LogP contribution in [-0.2, 0) is 22.4 Å². The lowest BCUT2D eigenvalue weighted by atomic mass is 9.98. The highest BCUT2D eigenvalue weighted by Gasteiger charge is 2.36. The maximum absolute atomic E-state index is 14.0. The zero-order valence-electron chi connectivity index (χ0n) is 18.1. The number of carbonyl (C=O) groups is 2. The summed E-state index contributed by atoms with van der Waals surface area (Å²) < 4.78 is 20.0. The number of rotatable bonds is 8. The summed E-state index contributed by atoms with van der Waals surface area (Å²) in [4.78, 5) is 23.9. The predicted octanol–water partition coefficient (Wildman–Crippen LogP) is 3.60. The Morgan fingerprint density at radius 2 is 1.91 bits per heavy atom. The van der Waals surface area contributed by atoms with Crippen molar-refractivity contribution in [1.29, 1.82) is 5.26 Å². The Bertz CT molecular complexity index is 1270. The molecule has 1 aliphatic heterocycles. The van der Waals surface area contributed by atoms with Gasteiger partial charge in [0.15, 0.2) is 11.9 Å². The molecule has 0 fully saturated rings. The largest absolute Gasteiger partial charge is 0.481 e. The van der Waals surface area contributed by atoms with E-state index in [1.807, 2.05) is 12.1 Å². The first-order chi connectivity index (χ1) is 16.4. The Morgan fingerprint density at radius 1 is 1.15 bits per heavy atom. The molecule has 0 saturated heterocycles. The minimum atomic E-state index is -1.04. The van der Waals surface area contributed by atoms with Crippen LogP contribution in [0.25, 0.3) is 0 Å². The molecule has 0 bridgehead atoms. The number of hydrogen-bond donors (Lipinski definition) is 3. The highest BCUT2D eigenvalue weighted by atomic mass is 19.1. The first-order valence-corrected chi connectivity index (χ1v) is 10.7. The molecule has 0 aliphatic carbocycles. The van der Waals surface area contributed by atoms with E-state index in [2.05, 4.69) is 16.7 Å². The molecule has 172 valence electrons. The molecule has 3 aromatic rings. The van der Waals surface area contributed by atoms with Crippen LogP contribution in [-0.4, -0.2) is 29.6 Å². The molecule has 0 saturated carbocycles. The average molecular weight is 459 g/mol. The standard InChI is InChI=1S/C26H22FN3O4/c27-20-8-2-6-18(14-20)23(29-11-10-16-4-1-5-17(12-16)13-22(31)32)25-26(33)30-21-9-3-7-19(15-28)24(21)34-25/h1-9,12,14,23,25,29H,10-11,13H2,(H,30,33)(H,31,32)/t23-,25+/m1/s1. The number of fused-ring (bicyclic) bond motifs is 1. The predicted molar refractivity (Wildman–Crippen MR) is 123 cm³/mol. The number of anilines is 1. The van der Waals surface area contributed by atoms with Gasteiger partial charge in [-0.3, -0.25) is 9.59 Å². The molecule has 0 unspecified atom stereocenters. The number of benzene rings is 3. The van der Waals surface area contributed by atoms with Crippen LogP contribution in [0.3, 0.4) is 0 Å². The second-order valence-corrected chi connectivity index (χ2v) is 7.95. The number of halogens is 1. The Morgan fingerprint density at radius 3 is 2.68 bits per heavy atom. The molecule has 3 aromatic carbocycles. The lowest BCUT2D eigenvalue weighted by Crippen LogP contribution is -2.47. The van der Waals surface area contributed by atoms with Gasteiger partial charge in [-0.25, -0.2) is 4.39 Å². The molecule has 4 rings (SSSR count). The molecule has 3 N–H and O–H groups in total. The number of carboxylic acid groups (broad SMARTS) is 1. The van der Waals surface area contributed by atoms with Crippen molar-refractivity contribution in [2.24, 2.45) is 0 Å². The minimum absolute atomic E-state index is 0.0656.